The molecule has 20 heavy (non-hydrogen) atoms. The minimum absolute atomic E-state index is 0.116. The fourth-order valence-corrected chi connectivity index (χ4v) is 1.73. The molecule has 2 rings (SSSR count). The lowest BCUT2D eigenvalue weighted by atomic mass is 10.2. The Kier molecular flexibility index (Phi) is 4.20. The number of nitrogens with one attached hydrogen (secondary N) is 1. The van der Waals surface area contributed by atoms with Gasteiger partial charge < -0.3 is 15.2 Å². The zero-order valence-electron chi connectivity index (χ0n) is 11.3. The number of nitrogens with zero attached hydrogens (tertiary/aromatic N) is 1. The van der Waals surface area contributed by atoms with Crippen LogP contribution in [-0.4, -0.2) is 22.2 Å². The number of ether oxygens (including phenoxy) is 1. The van der Waals surface area contributed by atoms with E-state index in [1.807, 2.05) is 38.1 Å². The number of carbonyl (C=O) groups is 1. The first-order chi connectivity index (χ1) is 9.56. The molecule has 0 saturated carbocycles. The highest BCUT2D eigenvalue weighted by Crippen LogP contribution is 2.22. The van der Waals surface area contributed by atoms with Crippen molar-refractivity contribution in [3.05, 3.63) is 48.3 Å². The first-order valence-corrected chi connectivity index (χ1v) is 6.27. The third-order valence-corrected chi connectivity index (χ3v) is 2.56. The zero-order chi connectivity index (χ0) is 14.5. The van der Waals surface area contributed by atoms with E-state index in [0.717, 1.165) is 11.4 Å². The van der Waals surface area contributed by atoms with Crippen LogP contribution in [0.15, 0.2) is 42.7 Å². The highest BCUT2D eigenvalue weighted by atomic mass is 16.5. The molecule has 1 aromatic carbocycles. The summed E-state index contributed by atoms with van der Waals surface area (Å²) in [6.45, 7) is 3.92. The van der Waals surface area contributed by atoms with Crippen LogP contribution in [0.5, 0.6) is 5.75 Å². The molecule has 5 nitrogen and oxygen atoms in total. The molecule has 104 valence electrons. The van der Waals surface area contributed by atoms with Crippen molar-refractivity contribution in [1.29, 1.82) is 0 Å². The molecule has 0 aliphatic rings. The summed E-state index contributed by atoms with van der Waals surface area (Å²) in [4.78, 5) is 15.0. The number of pyridine rings is 1. The Labute approximate surface area is 117 Å². The lowest BCUT2D eigenvalue weighted by Crippen LogP contribution is -2.05. The Morgan fingerprint density at radius 1 is 1.25 bits per heavy atom. The van der Waals surface area contributed by atoms with Gasteiger partial charge in [0.2, 0.25) is 0 Å². The van der Waals surface area contributed by atoms with E-state index in [0.29, 0.717) is 5.69 Å². The Bertz CT molecular complexity index is 594. The van der Waals surface area contributed by atoms with Crippen molar-refractivity contribution in [2.24, 2.45) is 0 Å². The van der Waals surface area contributed by atoms with Gasteiger partial charge in [-0.05, 0) is 44.2 Å². The highest BCUT2D eigenvalue weighted by molar-refractivity contribution is 5.94. The van der Waals surface area contributed by atoms with Crippen molar-refractivity contribution in [2.75, 3.05) is 5.32 Å². The summed E-state index contributed by atoms with van der Waals surface area (Å²) in [5.74, 6) is -0.218. The quantitative estimate of drug-likeness (QED) is 0.873. The zero-order valence-corrected chi connectivity index (χ0v) is 11.3. The second-order valence-electron chi connectivity index (χ2n) is 4.54. The SMILES string of the molecule is CC(C)Oc1ccc(Nc2cnccc2C(=O)O)cc1. The summed E-state index contributed by atoms with van der Waals surface area (Å²) < 4.78 is 5.55. The van der Waals surface area contributed by atoms with Crippen molar-refractivity contribution in [3.8, 4) is 5.75 Å². The number of carboxylic acids is 1. The van der Waals surface area contributed by atoms with Gasteiger partial charge in [-0.1, -0.05) is 0 Å². The third-order valence-electron chi connectivity index (χ3n) is 2.56. The first kappa shape index (κ1) is 13.9. The molecule has 0 radical (unpaired) electrons. The minimum atomic E-state index is -0.991. The van der Waals surface area contributed by atoms with Crippen molar-refractivity contribution in [2.45, 2.75) is 20.0 Å². The number of carboxylic acid groups (broad SMARTS) is 1. The summed E-state index contributed by atoms with van der Waals surface area (Å²) in [6, 6.07) is 8.78. The van der Waals surface area contributed by atoms with E-state index in [9.17, 15) is 4.79 Å². The van der Waals surface area contributed by atoms with Crippen LogP contribution in [-0.2, 0) is 0 Å². The number of hydrogen-bond donors (Lipinski definition) is 2. The second-order valence-corrected chi connectivity index (χ2v) is 4.54. The molecule has 0 bridgehead atoms. The molecule has 0 unspecified atom stereocenters. The van der Waals surface area contributed by atoms with Gasteiger partial charge in [0, 0.05) is 11.9 Å². The molecule has 0 spiro atoms. The Balaban J connectivity index is 2.16. The van der Waals surface area contributed by atoms with E-state index >= 15 is 0 Å². The van der Waals surface area contributed by atoms with E-state index in [1.165, 1.54) is 18.5 Å². The van der Waals surface area contributed by atoms with E-state index in [4.69, 9.17) is 9.84 Å². The largest absolute Gasteiger partial charge is 0.491 e. The van der Waals surface area contributed by atoms with Gasteiger partial charge in [-0.25, -0.2) is 4.79 Å². The molecular weight excluding hydrogens is 256 g/mol. The molecule has 1 aromatic heterocycles. The van der Waals surface area contributed by atoms with E-state index in [1.54, 1.807) is 0 Å². The van der Waals surface area contributed by atoms with Crippen LogP contribution in [0.4, 0.5) is 11.4 Å². The lowest BCUT2D eigenvalue weighted by Gasteiger charge is -2.12. The maximum atomic E-state index is 11.1. The highest BCUT2D eigenvalue weighted by Gasteiger charge is 2.09. The van der Waals surface area contributed by atoms with E-state index in [2.05, 4.69) is 10.3 Å². The van der Waals surface area contributed by atoms with Crippen LogP contribution < -0.4 is 10.1 Å². The van der Waals surface area contributed by atoms with Gasteiger partial charge in [0.15, 0.2) is 0 Å². The number of aromatic carboxylic acids is 1. The topological polar surface area (TPSA) is 71.5 Å². The summed E-state index contributed by atoms with van der Waals surface area (Å²) in [6.07, 6.45) is 3.06. The van der Waals surface area contributed by atoms with Crippen LogP contribution in [0.3, 0.4) is 0 Å². The van der Waals surface area contributed by atoms with Gasteiger partial charge in [0.25, 0.3) is 0 Å². The Hall–Kier alpha value is -2.56. The smallest absolute Gasteiger partial charge is 0.337 e. The second kappa shape index (κ2) is 6.06. The molecular formula is C15H16N2O3. The average molecular weight is 272 g/mol. The molecule has 5 heteroatoms. The van der Waals surface area contributed by atoms with Crippen LogP contribution in [0, 0.1) is 0 Å². The molecule has 0 aliphatic heterocycles. The van der Waals surface area contributed by atoms with Gasteiger partial charge in [-0.15, -0.1) is 0 Å². The minimum Gasteiger partial charge on any atom is -0.491 e. The summed E-state index contributed by atoms with van der Waals surface area (Å²) in [5.41, 5.74) is 1.41. The lowest BCUT2D eigenvalue weighted by molar-refractivity contribution is 0.0698. The maximum absolute atomic E-state index is 11.1. The van der Waals surface area contributed by atoms with E-state index < -0.39 is 5.97 Å². The molecule has 1 heterocycles. The molecule has 2 N–H and O–H groups in total. The first-order valence-electron chi connectivity index (χ1n) is 6.27. The van der Waals surface area contributed by atoms with Gasteiger partial charge >= 0.3 is 5.97 Å². The van der Waals surface area contributed by atoms with Crippen LogP contribution in [0.1, 0.15) is 24.2 Å². The van der Waals surface area contributed by atoms with Crippen molar-refractivity contribution in [3.63, 3.8) is 0 Å². The van der Waals surface area contributed by atoms with Crippen molar-refractivity contribution in [1.82, 2.24) is 4.98 Å². The normalized spacial score (nSPS) is 10.3. The van der Waals surface area contributed by atoms with Gasteiger partial charge in [0.1, 0.15) is 5.75 Å². The average Bonchev–Trinajstić information content (AvgIpc) is 2.41. The molecule has 2 aromatic rings. The molecule has 0 atom stereocenters. The molecule has 0 amide bonds. The fourth-order valence-electron chi connectivity index (χ4n) is 1.73. The number of rotatable bonds is 5. The van der Waals surface area contributed by atoms with Gasteiger partial charge in [-0.3, -0.25) is 4.98 Å². The summed E-state index contributed by atoms with van der Waals surface area (Å²) >= 11 is 0. The molecule has 0 fully saturated rings. The molecule has 0 saturated heterocycles. The van der Waals surface area contributed by atoms with E-state index in [-0.39, 0.29) is 11.7 Å². The number of anilines is 2. The monoisotopic (exact) mass is 272 g/mol. The standard InChI is InChI=1S/C15H16N2O3/c1-10(2)20-12-5-3-11(4-6-12)17-14-9-16-8-7-13(14)15(18)19/h3-10,17H,1-2H3,(H,18,19). The number of benzene rings is 1. The van der Waals surface area contributed by atoms with Crippen molar-refractivity contribution >= 4 is 17.3 Å². The maximum Gasteiger partial charge on any atom is 0.337 e. The Morgan fingerprint density at radius 2 is 1.95 bits per heavy atom. The Morgan fingerprint density at radius 3 is 2.55 bits per heavy atom. The predicted molar refractivity (Wildman–Crippen MR) is 76.7 cm³/mol. The van der Waals surface area contributed by atoms with Crippen LogP contribution >= 0.6 is 0 Å². The molecule has 0 aliphatic carbocycles. The van der Waals surface area contributed by atoms with Crippen LogP contribution in [0.2, 0.25) is 0 Å². The number of aromatic nitrogens is 1. The van der Waals surface area contributed by atoms with Crippen molar-refractivity contribution < 1.29 is 14.6 Å². The third kappa shape index (κ3) is 3.47. The van der Waals surface area contributed by atoms with Gasteiger partial charge in [-0.2, -0.15) is 0 Å². The van der Waals surface area contributed by atoms with Gasteiger partial charge in [0.05, 0.1) is 23.6 Å². The predicted octanol–water partition coefficient (Wildman–Crippen LogP) is 3.31. The summed E-state index contributed by atoms with van der Waals surface area (Å²) in [7, 11) is 0. The fraction of sp³-hybridized carbons (Fsp3) is 0.200. The summed E-state index contributed by atoms with van der Waals surface area (Å²) in [5, 5.41) is 12.1. The van der Waals surface area contributed by atoms with Crippen LogP contribution in [0.25, 0.3) is 0 Å². The number of hydrogen-bond acceptors (Lipinski definition) is 4.